The zero-order valence-electron chi connectivity index (χ0n) is 30.0. The van der Waals surface area contributed by atoms with Gasteiger partial charge in [0.2, 0.25) is 0 Å². The highest BCUT2D eigenvalue weighted by atomic mass is 15.0. The van der Waals surface area contributed by atoms with Gasteiger partial charge in [-0.05, 0) is 120 Å². The van der Waals surface area contributed by atoms with Crippen LogP contribution in [0.4, 0.5) is 0 Å². The van der Waals surface area contributed by atoms with Crippen molar-refractivity contribution in [2.45, 2.75) is 49.4 Å². The highest BCUT2D eigenvalue weighted by molar-refractivity contribution is 6.09. The van der Waals surface area contributed by atoms with E-state index in [9.17, 15) is 0 Å². The van der Waals surface area contributed by atoms with Crippen LogP contribution in [0.15, 0.2) is 170 Å². The van der Waals surface area contributed by atoms with E-state index in [0.29, 0.717) is 0 Å². The SMILES string of the molecule is c1ccc(-c2cc(-c3cccc(C45CC6CC(C4)CC(c4cccc(-n7c8ccccc8c8ccccc87)c4)(C6)C5)c3)cc(-c3ccccc3)n2)cc1. The van der Waals surface area contributed by atoms with E-state index in [1.807, 2.05) is 0 Å². The summed E-state index contributed by atoms with van der Waals surface area (Å²) in [5.74, 6) is 1.54. The second kappa shape index (κ2) is 11.9. The average Bonchev–Trinajstić information content (AvgIpc) is 3.55. The van der Waals surface area contributed by atoms with E-state index in [4.69, 9.17) is 4.98 Å². The van der Waals surface area contributed by atoms with Gasteiger partial charge in [-0.15, -0.1) is 0 Å². The summed E-state index contributed by atoms with van der Waals surface area (Å²) in [6.45, 7) is 0. The fraction of sp³-hybridized carbons (Fsp3) is 0.196. The summed E-state index contributed by atoms with van der Waals surface area (Å²) in [5, 5.41) is 2.64. The van der Waals surface area contributed by atoms with E-state index in [1.165, 1.54) is 82.7 Å². The Morgan fingerprint density at radius 1 is 0.434 bits per heavy atom. The molecule has 4 aliphatic carbocycles. The molecule has 4 bridgehead atoms. The van der Waals surface area contributed by atoms with Crippen LogP contribution in [0, 0.1) is 11.8 Å². The van der Waals surface area contributed by atoms with E-state index in [1.54, 1.807) is 5.56 Å². The molecule has 12 rings (SSSR count). The highest BCUT2D eigenvalue weighted by Gasteiger charge is 2.58. The van der Waals surface area contributed by atoms with Gasteiger partial charge in [0.15, 0.2) is 0 Å². The first-order valence-corrected chi connectivity index (χ1v) is 19.5. The van der Waals surface area contributed by atoms with E-state index < -0.39 is 0 Å². The molecule has 2 atom stereocenters. The molecular weight excluding hydrogens is 641 g/mol. The van der Waals surface area contributed by atoms with Crippen LogP contribution in [0.25, 0.3) is 61.1 Å². The first-order chi connectivity index (χ1) is 26.1. The molecule has 2 unspecified atom stereocenters. The molecule has 0 saturated heterocycles. The van der Waals surface area contributed by atoms with Crippen LogP contribution in [0.3, 0.4) is 0 Å². The predicted molar refractivity (Wildman–Crippen MR) is 219 cm³/mol. The lowest BCUT2D eigenvalue weighted by Crippen LogP contribution is -2.55. The van der Waals surface area contributed by atoms with Crippen molar-refractivity contribution in [2.75, 3.05) is 0 Å². The smallest absolute Gasteiger partial charge is 0.0715 e. The molecular formula is C51H42N2. The van der Waals surface area contributed by atoms with Gasteiger partial charge in [-0.2, -0.15) is 0 Å². The third kappa shape index (κ3) is 5.03. The van der Waals surface area contributed by atoms with Gasteiger partial charge in [0, 0.05) is 27.6 Å². The first-order valence-electron chi connectivity index (χ1n) is 19.5. The maximum atomic E-state index is 5.18. The quantitative estimate of drug-likeness (QED) is 0.171. The van der Waals surface area contributed by atoms with Crippen molar-refractivity contribution >= 4 is 21.8 Å². The molecule has 4 fully saturated rings. The maximum Gasteiger partial charge on any atom is 0.0715 e. The Hall–Kier alpha value is -5.73. The Bertz CT molecular complexity index is 2520. The summed E-state index contributed by atoms with van der Waals surface area (Å²) < 4.78 is 2.50. The molecule has 6 aromatic carbocycles. The van der Waals surface area contributed by atoms with Crippen molar-refractivity contribution in [3.8, 4) is 39.3 Å². The molecule has 4 aliphatic rings. The number of aromatic nitrogens is 2. The molecule has 0 radical (unpaired) electrons. The first kappa shape index (κ1) is 30.9. The van der Waals surface area contributed by atoms with Crippen molar-refractivity contribution < 1.29 is 0 Å². The van der Waals surface area contributed by atoms with Crippen LogP contribution in [0.1, 0.15) is 49.7 Å². The number of hydrogen-bond acceptors (Lipinski definition) is 1. The second-order valence-corrected chi connectivity index (χ2v) is 16.4. The average molecular weight is 683 g/mol. The Labute approximate surface area is 311 Å². The molecule has 0 aliphatic heterocycles. The second-order valence-electron chi connectivity index (χ2n) is 16.4. The third-order valence-electron chi connectivity index (χ3n) is 13.1. The Kier molecular flexibility index (Phi) is 6.93. The van der Waals surface area contributed by atoms with Gasteiger partial charge in [-0.25, -0.2) is 4.98 Å². The number of benzene rings is 6. The molecule has 0 spiro atoms. The van der Waals surface area contributed by atoms with Crippen LogP contribution in [-0.2, 0) is 10.8 Å². The van der Waals surface area contributed by atoms with Crippen molar-refractivity contribution in [1.29, 1.82) is 0 Å². The normalized spacial score (nSPS) is 23.2. The monoisotopic (exact) mass is 682 g/mol. The van der Waals surface area contributed by atoms with E-state index in [0.717, 1.165) is 34.4 Å². The number of nitrogens with zero attached hydrogens (tertiary/aromatic N) is 2. The summed E-state index contributed by atoms with van der Waals surface area (Å²) in [6, 6.07) is 62.9. The van der Waals surface area contributed by atoms with Crippen LogP contribution in [-0.4, -0.2) is 9.55 Å². The molecule has 0 N–H and O–H groups in total. The minimum Gasteiger partial charge on any atom is -0.309 e. The largest absolute Gasteiger partial charge is 0.309 e. The standard InChI is InChI=1S/C51H42N2/c1-3-13-37(14-4-1)46-27-40(28-47(52-46)38-15-5-2-6-16-38)39-17-11-18-41(26-39)50-30-35-25-36(31-50)33-51(32-35,34-50)42-19-12-20-43(29-42)53-48-23-9-7-21-44(48)45-22-8-10-24-49(45)53/h1-24,26-29,35-36H,25,30-34H2. The highest BCUT2D eigenvalue weighted by Crippen LogP contribution is 2.66. The van der Waals surface area contributed by atoms with Crippen LogP contribution in [0.5, 0.6) is 0 Å². The van der Waals surface area contributed by atoms with Crippen molar-refractivity contribution in [2.24, 2.45) is 11.8 Å². The van der Waals surface area contributed by atoms with Gasteiger partial charge in [-0.1, -0.05) is 133 Å². The van der Waals surface area contributed by atoms with Crippen LogP contribution < -0.4 is 0 Å². The Morgan fingerprint density at radius 2 is 0.925 bits per heavy atom. The van der Waals surface area contributed by atoms with Crippen LogP contribution in [0.2, 0.25) is 0 Å². The lowest BCUT2D eigenvalue weighted by atomic mass is 9.41. The van der Waals surface area contributed by atoms with Crippen molar-refractivity contribution in [3.05, 3.63) is 181 Å². The van der Waals surface area contributed by atoms with Crippen LogP contribution >= 0.6 is 0 Å². The van der Waals surface area contributed by atoms with Gasteiger partial charge in [0.05, 0.1) is 22.4 Å². The Balaban J connectivity index is 1.00. The summed E-state index contributed by atoms with van der Waals surface area (Å²) in [7, 11) is 0. The summed E-state index contributed by atoms with van der Waals surface area (Å²) in [4.78, 5) is 5.18. The summed E-state index contributed by atoms with van der Waals surface area (Å²) in [6.07, 6.45) is 7.86. The molecule has 256 valence electrons. The summed E-state index contributed by atoms with van der Waals surface area (Å²) >= 11 is 0. The minimum atomic E-state index is 0.195. The molecule has 53 heavy (non-hydrogen) atoms. The molecule has 4 saturated carbocycles. The van der Waals surface area contributed by atoms with E-state index >= 15 is 0 Å². The van der Waals surface area contributed by atoms with Gasteiger partial charge >= 0.3 is 0 Å². The van der Waals surface area contributed by atoms with Crippen molar-refractivity contribution in [3.63, 3.8) is 0 Å². The minimum absolute atomic E-state index is 0.195. The molecule has 8 aromatic rings. The number of pyridine rings is 1. The van der Waals surface area contributed by atoms with E-state index in [-0.39, 0.29) is 10.8 Å². The number of hydrogen-bond donors (Lipinski definition) is 0. The molecule has 0 amide bonds. The fourth-order valence-electron chi connectivity index (χ4n) is 11.4. The molecule has 2 nitrogen and oxygen atoms in total. The summed E-state index contributed by atoms with van der Waals surface area (Å²) in [5.41, 5.74) is 14.2. The predicted octanol–water partition coefficient (Wildman–Crippen LogP) is 13.0. The molecule has 2 heterocycles. The maximum absolute atomic E-state index is 5.18. The zero-order valence-corrected chi connectivity index (χ0v) is 30.0. The molecule has 2 heteroatoms. The van der Waals surface area contributed by atoms with E-state index in [2.05, 4.69) is 174 Å². The zero-order chi connectivity index (χ0) is 35.0. The van der Waals surface area contributed by atoms with Gasteiger partial charge in [0.1, 0.15) is 0 Å². The molecule has 2 aromatic heterocycles. The lowest BCUT2D eigenvalue weighted by molar-refractivity contribution is -0.0281. The fourth-order valence-corrected chi connectivity index (χ4v) is 11.4. The number of para-hydroxylation sites is 2. The topological polar surface area (TPSA) is 17.8 Å². The van der Waals surface area contributed by atoms with Crippen molar-refractivity contribution in [1.82, 2.24) is 9.55 Å². The lowest BCUT2D eigenvalue weighted by Gasteiger charge is -2.63. The van der Waals surface area contributed by atoms with Gasteiger partial charge in [-0.3, -0.25) is 0 Å². The number of rotatable bonds is 6. The van der Waals surface area contributed by atoms with Gasteiger partial charge in [0.25, 0.3) is 0 Å². The number of fused-ring (bicyclic) bond motifs is 3. The third-order valence-corrected chi connectivity index (χ3v) is 13.1. The Morgan fingerprint density at radius 3 is 1.51 bits per heavy atom. The van der Waals surface area contributed by atoms with Gasteiger partial charge < -0.3 is 4.57 Å².